The highest BCUT2D eigenvalue weighted by Crippen LogP contribution is 2.27. The monoisotopic (exact) mass is 234 g/mol. The van der Waals surface area contributed by atoms with Gasteiger partial charge in [0.1, 0.15) is 0 Å². The number of nitrogens with one attached hydrogen (secondary N) is 2. The molecule has 1 fully saturated rings. The van der Waals surface area contributed by atoms with Crippen LogP contribution in [0.5, 0.6) is 0 Å². The second-order valence-electron chi connectivity index (χ2n) is 4.40. The van der Waals surface area contributed by atoms with Gasteiger partial charge < -0.3 is 14.5 Å². The predicted octanol–water partition coefficient (Wildman–Crippen LogP) is 1.71. The van der Waals surface area contributed by atoms with E-state index in [1.165, 1.54) is 0 Å². The molecular weight excluding hydrogens is 220 g/mol. The van der Waals surface area contributed by atoms with Crippen LogP contribution in [0.2, 0.25) is 0 Å². The summed E-state index contributed by atoms with van der Waals surface area (Å²) in [6.07, 6.45) is 2.43. The van der Waals surface area contributed by atoms with Crippen LogP contribution in [0.1, 0.15) is 12.8 Å². The molecule has 1 aromatic heterocycles. The summed E-state index contributed by atoms with van der Waals surface area (Å²) in [4.78, 5) is 13.7. The van der Waals surface area contributed by atoms with Crippen molar-refractivity contribution in [3.05, 3.63) is 28.7 Å². The maximum Gasteiger partial charge on any atom is 0.417 e. The summed E-state index contributed by atoms with van der Waals surface area (Å²) < 4.78 is 10.2. The molecule has 5 nitrogen and oxygen atoms in total. The molecule has 0 spiro atoms. The van der Waals surface area contributed by atoms with E-state index >= 15 is 0 Å². The van der Waals surface area contributed by atoms with Gasteiger partial charge in [-0.2, -0.15) is 0 Å². The van der Waals surface area contributed by atoms with Crippen molar-refractivity contribution < 1.29 is 9.15 Å². The van der Waals surface area contributed by atoms with Gasteiger partial charge in [-0.1, -0.05) is 0 Å². The fourth-order valence-electron chi connectivity index (χ4n) is 2.15. The summed E-state index contributed by atoms with van der Waals surface area (Å²) in [6, 6.07) is 6.05. The van der Waals surface area contributed by atoms with Crippen molar-refractivity contribution >= 4 is 16.8 Å². The molecule has 17 heavy (non-hydrogen) atoms. The van der Waals surface area contributed by atoms with E-state index in [2.05, 4.69) is 10.3 Å². The van der Waals surface area contributed by atoms with Crippen LogP contribution < -0.4 is 11.1 Å². The number of fused-ring (bicyclic) bond motifs is 1. The lowest BCUT2D eigenvalue weighted by molar-refractivity contribution is 0.0329. The number of benzene rings is 1. The second kappa shape index (κ2) is 3.92. The Morgan fingerprint density at radius 3 is 3.06 bits per heavy atom. The maximum atomic E-state index is 11.0. The molecule has 1 aliphatic carbocycles. The molecule has 0 unspecified atom stereocenters. The van der Waals surface area contributed by atoms with Crippen LogP contribution in [0, 0.1) is 0 Å². The molecule has 1 heterocycles. The fraction of sp³-hybridized carbons (Fsp3) is 0.417. The third kappa shape index (κ3) is 1.93. The molecule has 3 rings (SSSR count). The molecule has 2 N–H and O–H groups in total. The molecule has 2 aromatic rings. The first-order valence-corrected chi connectivity index (χ1v) is 5.67. The van der Waals surface area contributed by atoms with Crippen molar-refractivity contribution in [1.82, 2.24) is 4.98 Å². The van der Waals surface area contributed by atoms with Crippen molar-refractivity contribution in [3.63, 3.8) is 0 Å². The van der Waals surface area contributed by atoms with E-state index in [0.717, 1.165) is 24.0 Å². The maximum absolute atomic E-state index is 11.0. The van der Waals surface area contributed by atoms with Gasteiger partial charge in [0.25, 0.3) is 0 Å². The Hall–Kier alpha value is -1.75. The van der Waals surface area contributed by atoms with Crippen molar-refractivity contribution in [2.75, 3.05) is 12.4 Å². The molecular formula is C12H14N2O3. The zero-order chi connectivity index (χ0) is 11.8. The molecule has 90 valence electrons. The summed E-state index contributed by atoms with van der Waals surface area (Å²) in [5.74, 6) is -0.416. The number of methoxy groups -OCH3 is 1. The number of hydrogen-bond donors (Lipinski definition) is 2. The summed E-state index contributed by atoms with van der Waals surface area (Å²) in [5, 5.41) is 3.40. The lowest BCUT2D eigenvalue weighted by atomic mass is 9.89. The second-order valence-corrected chi connectivity index (χ2v) is 4.40. The highest BCUT2D eigenvalue weighted by Gasteiger charge is 2.28. The molecule has 1 saturated carbocycles. The number of ether oxygens (including phenoxy) is 1. The third-order valence-electron chi connectivity index (χ3n) is 3.22. The van der Waals surface area contributed by atoms with E-state index < -0.39 is 5.76 Å². The van der Waals surface area contributed by atoms with Crippen LogP contribution in [-0.2, 0) is 4.74 Å². The van der Waals surface area contributed by atoms with Gasteiger partial charge in [0.2, 0.25) is 0 Å². The van der Waals surface area contributed by atoms with Crippen molar-refractivity contribution in [1.29, 1.82) is 0 Å². The molecule has 0 atom stereocenters. The number of rotatable bonds is 3. The highest BCUT2D eigenvalue weighted by atomic mass is 16.5. The summed E-state index contributed by atoms with van der Waals surface area (Å²) in [5.41, 5.74) is 2.31. The Labute approximate surface area is 97.8 Å². The standard InChI is InChI=1S/C12H14N2O3/c1-16-9-4-8(5-9)13-7-2-3-11-10(6-7)14-12(15)17-11/h2-3,6,8-9,13H,4-5H2,1H3,(H,14,15). The van der Waals surface area contributed by atoms with E-state index in [1.54, 1.807) is 13.2 Å². The average Bonchev–Trinajstić information content (AvgIpc) is 2.62. The van der Waals surface area contributed by atoms with Gasteiger partial charge >= 0.3 is 5.76 Å². The zero-order valence-electron chi connectivity index (χ0n) is 9.53. The first-order valence-electron chi connectivity index (χ1n) is 5.67. The van der Waals surface area contributed by atoms with Crippen molar-refractivity contribution in [3.8, 4) is 0 Å². The minimum absolute atomic E-state index is 0.380. The molecule has 1 aromatic carbocycles. The first-order chi connectivity index (χ1) is 8.24. The normalized spacial score (nSPS) is 23.6. The van der Waals surface area contributed by atoms with E-state index in [0.29, 0.717) is 17.7 Å². The van der Waals surface area contributed by atoms with E-state index in [1.807, 2.05) is 12.1 Å². The van der Waals surface area contributed by atoms with Crippen LogP contribution >= 0.6 is 0 Å². The van der Waals surface area contributed by atoms with E-state index in [-0.39, 0.29) is 0 Å². The quantitative estimate of drug-likeness (QED) is 0.848. The smallest absolute Gasteiger partial charge is 0.408 e. The Morgan fingerprint density at radius 1 is 1.47 bits per heavy atom. The van der Waals surface area contributed by atoms with Crippen LogP contribution in [0.4, 0.5) is 5.69 Å². The Morgan fingerprint density at radius 2 is 2.29 bits per heavy atom. The minimum atomic E-state index is -0.416. The third-order valence-corrected chi connectivity index (χ3v) is 3.22. The van der Waals surface area contributed by atoms with Crippen LogP contribution in [0.15, 0.2) is 27.4 Å². The lowest BCUT2D eigenvalue weighted by Crippen LogP contribution is -2.40. The predicted molar refractivity (Wildman–Crippen MR) is 64.3 cm³/mol. The SMILES string of the molecule is COC1CC(Nc2ccc3oc(=O)[nH]c3c2)C1. The molecule has 1 aliphatic rings. The van der Waals surface area contributed by atoms with Crippen LogP contribution in [0.25, 0.3) is 11.1 Å². The molecule has 0 radical (unpaired) electrons. The summed E-state index contributed by atoms with van der Waals surface area (Å²) >= 11 is 0. The summed E-state index contributed by atoms with van der Waals surface area (Å²) in [6.45, 7) is 0. The largest absolute Gasteiger partial charge is 0.417 e. The van der Waals surface area contributed by atoms with Gasteiger partial charge in [-0.15, -0.1) is 0 Å². The molecule has 0 bridgehead atoms. The minimum Gasteiger partial charge on any atom is -0.408 e. The Balaban J connectivity index is 1.75. The fourth-order valence-corrected chi connectivity index (χ4v) is 2.15. The number of H-pyrrole nitrogens is 1. The van der Waals surface area contributed by atoms with Gasteiger partial charge in [0, 0.05) is 18.8 Å². The van der Waals surface area contributed by atoms with Gasteiger partial charge in [-0.3, -0.25) is 4.98 Å². The number of anilines is 1. The summed E-state index contributed by atoms with van der Waals surface area (Å²) in [7, 11) is 1.74. The Bertz CT molecular complexity index is 581. The highest BCUT2D eigenvalue weighted by molar-refractivity contribution is 5.76. The van der Waals surface area contributed by atoms with Crippen LogP contribution in [-0.4, -0.2) is 24.2 Å². The van der Waals surface area contributed by atoms with E-state index in [4.69, 9.17) is 9.15 Å². The number of aromatic amines is 1. The lowest BCUT2D eigenvalue weighted by Gasteiger charge is -2.35. The topological polar surface area (TPSA) is 67.3 Å². The Kier molecular flexibility index (Phi) is 2.40. The van der Waals surface area contributed by atoms with E-state index in [9.17, 15) is 4.79 Å². The zero-order valence-corrected chi connectivity index (χ0v) is 9.53. The number of hydrogen-bond acceptors (Lipinski definition) is 4. The van der Waals surface area contributed by atoms with Crippen LogP contribution in [0.3, 0.4) is 0 Å². The van der Waals surface area contributed by atoms with Gasteiger partial charge in [-0.25, -0.2) is 4.79 Å². The average molecular weight is 234 g/mol. The molecule has 0 saturated heterocycles. The van der Waals surface area contributed by atoms with Crippen molar-refractivity contribution in [2.45, 2.75) is 25.0 Å². The molecule has 5 heteroatoms. The number of aromatic nitrogens is 1. The van der Waals surface area contributed by atoms with Gasteiger partial charge in [0.05, 0.1) is 11.6 Å². The number of oxazole rings is 1. The van der Waals surface area contributed by atoms with Crippen molar-refractivity contribution in [2.24, 2.45) is 0 Å². The van der Waals surface area contributed by atoms with Gasteiger partial charge in [-0.05, 0) is 31.0 Å². The first kappa shape index (κ1) is 10.4. The molecule has 0 amide bonds. The van der Waals surface area contributed by atoms with Gasteiger partial charge in [0.15, 0.2) is 5.58 Å². The molecule has 0 aliphatic heterocycles.